The first-order valence-electron chi connectivity index (χ1n) is 10.5. The van der Waals surface area contributed by atoms with Crippen LogP contribution in [0.2, 0.25) is 5.02 Å². The van der Waals surface area contributed by atoms with Crippen molar-refractivity contribution in [2.24, 2.45) is 5.16 Å². The molecule has 0 fully saturated rings. The van der Waals surface area contributed by atoms with Gasteiger partial charge in [0.05, 0.1) is 17.8 Å². The predicted molar refractivity (Wildman–Crippen MR) is 121 cm³/mol. The summed E-state index contributed by atoms with van der Waals surface area (Å²) in [6.45, 7) is 0.627. The molecule has 33 heavy (non-hydrogen) atoms. The molecule has 1 amide bonds. The number of halogens is 2. The molecule has 0 radical (unpaired) electrons. The van der Waals surface area contributed by atoms with E-state index in [0.717, 1.165) is 16.8 Å². The molecule has 3 aromatic rings. The van der Waals surface area contributed by atoms with E-state index in [1.165, 1.54) is 12.1 Å². The topological polar surface area (TPSA) is 60.4 Å². The number of hydrogen-bond acceptors (Lipinski definition) is 5. The molecular formula is C25H20ClFN2O4. The molecule has 2 heterocycles. The minimum absolute atomic E-state index is 0.000497. The van der Waals surface area contributed by atoms with Crippen LogP contribution in [0.4, 0.5) is 4.39 Å². The van der Waals surface area contributed by atoms with Crippen molar-refractivity contribution in [2.45, 2.75) is 19.1 Å². The maximum Gasteiger partial charge on any atom is 0.257 e. The fraction of sp³-hybridized carbons (Fsp3) is 0.200. The van der Waals surface area contributed by atoms with Crippen LogP contribution in [0.5, 0.6) is 11.5 Å². The minimum Gasteiger partial charge on any atom is -0.454 e. The highest BCUT2D eigenvalue weighted by Gasteiger charge is 2.29. The van der Waals surface area contributed by atoms with Gasteiger partial charge in [-0.1, -0.05) is 47.1 Å². The molecule has 0 saturated carbocycles. The lowest BCUT2D eigenvalue weighted by Gasteiger charge is -2.25. The highest BCUT2D eigenvalue weighted by atomic mass is 35.5. The zero-order valence-corrected chi connectivity index (χ0v) is 18.3. The maximum absolute atomic E-state index is 14.4. The van der Waals surface area contributed by atoms with Crippen molar-refractivity contribution in [3.8, 4) is 11.5 Å². The Hall–Kier alpha value is -3.58. The van der Waals surface area contributed by atoms with Gasteiger partial charge < -0.3 is 19.2 Å². The Morgan fingerprint density at radius 2 is 1.85 bits per heavy atom. The van der Waals surface area contributed by atoms with Crippen LogP contribution in [0, 0.1) is 5.82 Å². The van der Waals surface area contributed by atoms with Crippen LogP contribution in [0.1, 0.15) is 27.9 Å². The molecule has 0 spiro atoms. The van der Waals surface area contributed by atoms with Gasteiger partial charge in [0, 0.05) is 23.6 Å². The monoisotopic (exact) mass is 466 g/mol. The Morgan fingerprint density at radius 3 is 2.70 bits per heavy atom. The van der Waals surface area contributed by atoms with Gasteiger partial charge in [-0.25, -0.2) is 4.39 Å². The number of ether oxygens (including phenoxy) is 2. The summed E-state index contributed by atoms with van der Waals surface area (Å²) in [6, 6.07) is 18.8. The van der Waals surface area contributed by atoms with Crippen molar-refractivity contribution in [3.63, 3.8) is 0 Å². The van der Waals surface area contributed by atoms with E-state index in [9.17, 15) is 9.18 Å². The molecular weight excluding hydrogens is 447 g/mol. The van der Waals surface area contributed by atoms with Gasteiger partial charge in [-0.2, -0.15) is 0 Å². The number of carbonyl (C=O) groups is 1. The molecule has 3 aromatic carbocycles. The molecule has 0 bridgehead atoms. The molecule has 2 aliphatic heterocycles. The number of rotatable bonds is 6. The summed E-state index contributed by atoms with van der Waals surface area (Å²) in [5, 5.41) is 4.76. The molecule has 1 atom stereocenters. The fourth-order valence-electron chi connectivity index (χ4n) is 3.88. The summed E-state index contributed by atoms with van der Waals surface area (Å²) >= 11 is 6.33. The van der Waals surface area contributed by atoms with E-state index in [-0.39, 0.29) is 31.5 Å². The number of fused-ring (bicyclic) bond motifs is 1. The van der Waals surface area contributed by atoms with E-state index in [1.807, 2.05) is 36.4 Å². The second kappa shape index (κ2) is 9.11. The van der Waals surface area contributed by atoms with Crippen molar-refractivity contribution in [1.82, 2.24) is 4.90 Å². The molecule has 5 rings (SSSR count). The standard InChI is InChI=1S/C25H20ClFN2O4/c26-20-7-3-1-5-17(20)13-29(25(30)19-6-2-4-8-21(19)27)14-18-12-22(28-33-18)16-9-10-23-24(11-16)32-15-31-23/h1-11,18H,12-15H2/t18-/m1/s1. The normalized spacial score (nSPS) is 16.3. The predicted octanol–water partition coefficient (Wildman–Crippen LogP) is 5.04. The third-order valence-electron chi connectivity index (χ3n) is 5.57. The quantitative estimate of drug-likeness (QED) is 0.510. The number of carbonyl (C=O) groups excluding carboxylic acids is 1. The van der Waals surface area contributed by atoms with E-state index in [1.54, 1.807) is 23.1 Å². The first kappa shape index (κ1) is 21.3. The van der Waals surface area contributed by atoms with E-state index >= 15 is 0 Å². The van der Waals surface area contributed by atoms with Crippen LogP contribution < -0.4 is 9.47 Å². The van der Waals surface area contributed by atoms with Crippen LogP contribution in [0.15, 0.2) is 71.9 Å². The van der Waals surface area contributed by atoms with E-state index in [2.05, 4.69) is 5.16 Å². The van der Waals surface area contributed by atoms with Gasteiger partial charge in [0.25, 0.3) is 5.91 Å². The summed E-state index contributed by atoms with van der Waals surface area (Å²) in [5.74, 6) is 0.342. The van der Waals surface area contributed by atoms with Gasteiger partial charge in [0.2, 0.25) is 6.79 Å². The van der Waals surface area contributed by atoms with Gasteiger partial charge in [0.15, 0.2) is 17.6 Å². The van der Waals surface area contributed by atoms with Crippen molar-refractivity contribution < 1.29 is 23.5 Å². The second-order valence-electron chi connectivity index (χ2n) is 7.79. The Bertz CT molecular complexity index is 1230. The number of hydrogen-bond donors (Lipinski definition) is 0. The average Bonchev–Trinajstić information content (AvgIpc) is 3.49. The zero-order chi connectivity index (χ0) is 22.8. The number of amides is 1. The number of oxime groups is 1. The van der Waals surface area contributed by atoms with Crippen LogP contribution in [0.3, 0.4) is 0 Å². The third-order valence-corrected chi connectivity index (χ3v) is 5.94. The van der Waals surface area contributed by atoms with Gasteiger partial charge in [-0.3, -0.25) is 4.79 Å². The summed E-state index contributed by atoms with van der Waals surface area (Å²) in [7, 11) is 0. The maximum atomic E-state index is 14.4. The smallest absolute Gasteiger partial charge is 0.257 e. The first-order valence-corrected chi connectivity index (χ1v) is 10.9. The number of benzene rings is 3. The lowest BCUT2D eigenvalue weighted by molar-refractivity contribution is 0.0402. The van der Waals surface area contributed by atoms with E-state index < -0.39 is 11.7 Å². The highest BCUT2D eigenvalue weighted by Crippen LogP contribution is 2.34. The van der Waals surface area contributed by atoms with Gasteiger partial charge in [-0.15, -0.1) is 0 Å². The van der Waals surface area contributed by atoms with Crippen molar-refractivity contribution >= 4 is 23.2 Å². The molecule has 0 saturated heterocycles. The first-order chi connectivity index (χ1) is 16.1. The van der Waals surface area contributed by atoms with Crippen molar-refractivity contribution in [1.29, 1.82) is 0 Å². The lowest BCUT2D eigenvalue weighted by atomic mass is 10.0. The van der Waals surface area contributed by atoms with Crippen molar-refractivity contribution in [2.75, 3.05) is 13.3 Å². The van der Waals surface area contributed by atoms with Crippen LogP contribution in [-0.4, -0.2) is 36.0 Å². The SMILES string of the molecule is O=C(c1ccccc1F)N(Cc1ccccc1Cl)C[C@H]1CC(c2ccc3c(c2)OCO3)=NO1. The summed E-state index contributed by atoms with van der Waals surface area (Å²) < 4.78 is 25.2. The third kappa shape index (κ3) is 4.50. The largest absolute Gasteiger partial charge is 0.454 e. The molecule has 8 heteroatoms. The van der Waals surface area contributed by atoms with E-state index in [4.69, 9.17) is 25.9 Å². The van der Waals surface area contributed by atoms with Crippen LogP contribution >= 0.6 is 11.6 Å². The van der Waals surface area contributed by atoms with Gasteiger partial charge >= 0.3 is 0 Å². The molecule has 0 N–H and O–H groups in total. The van der Waals surface area contributed by atoms with Crippen LogP contribution in [-0.2, 0) is 11.4 Å². The van der Waals surface area contributed by atoms with Gasteiger partial charge in [0.1, 0.15) is 5.82 Å². The second-order valence-corrected chi connectivity index (χ2v) is 8.20. The highest BCUT2D eigenvalue weighted by molar-refractivity contribution is 6.31. The average molecular weight is 467 g/mol. The lowest BCUT2D eigenvalue weighted by Crippen LogP contribution is -2.37. The van der Waals surface area contributed by atoms with E-state index in [0.29, 0.717) is 22.9 Å². The van der Waals surface area contributed by atoms with Gasteiger partial charge in [-0.05, 0) is 42.0 Å². The summed E-state index contributed by atoms with van der Waals surface area (Å²) in [6.07, 6.45) is 0.104. The molecule has 2 aliphatic rings. The molecule has 0 aliphatic carbocycles. The Balaban J connectivity index is 1.34. The molecule has 0 unspecified atom stereocenters. The Kier molecular flexibility index (Phi) is 5.88. The number of nitrogens with zero attached hydrogens (tertiary/aromatic N) is 2. The molecule has 6 nitrogen and oxygen atoms in total. The Labute approximate surface area is 195 Å². The summed E-state index contributed by atoms with van der Waals surface area (Å²) in [4.78, 5) is 20.5. The van der Waals surface area contributed by atoms with Crippen LogP contribution in [0.25, 0.3) is 0 Å². The van der Waals surface area contributed by atoms with Crippen molar-refractivity contribution in [3.05, 3.63) is 94.3 Å². The fourth-order valence-corrected chi connectivity index (χ4v) is 4.07. The Morgan fingerprint density at radius 1 is 1.06 bits per heavy atom. The minimum atomic E-state index is -0.573. The summed E-state index contributed by atoms with van der Waals surface area (Å²) in [5.41, 5.74) is 2.37. The molecule has 168 valence electrons. The molecule has 0 aromatic heterocycles. The zero-order valence-electron chi connectivity index (χ0n) is 17.5.